The molecular weight excluding hydrogens is 442 g/mol. The summed E-state index contributed by atoms with van der Waals surface area (Å²) < 4.78 is 11.4. The Morgan fingerprint density at radius 3 is 2.52 bits per heavy atom. The van der Waals surface area contributed by atoms with Crippen molar-refractivity contribution in [2.45, 2.75) is 6.61 Å². The molecular formula is C24H19N3O5S. The van der Waals surface area contributed by atoms with E-state index in [-0.39, 0.29) is 18.2 Å². The Balaban J connectivity index is 1.56. The molecule has 0 saturated carbocycles. The zero-order valence-electron chi connectivity index (χ0n) is 17.6. The summed E-state index contributed by atoms with van der Waals surface area (Å²) in [6.45, 7) is 0.175. The number of nitrogens with zero attached hydrogens (tertiary/aromatic N) is 2. The molecule has 0 atom stereocenters. The fourth-order valence-corrected chi connectivity index (χ4v) is 3.91. The van der Waals surface area contributed by atoms with Crippen molar-refractivity contribution in [3.8, 4) is 11.5 Å². The highest BCUT2D eigenvalue weighted by atomic mass is 32.2. The highest BCUT2D eigenvalue weighted by Crippen LogP contribution is 2.36. The van der Waals surface area contributed by atoms with Crippen LogP contribution < -0.4 is 14.8 Å². The second-order valence-corrected chi connectivity index (χ2v) is 7.94. The number of hydrogen-bond acceptors (Lipinski definition) is 7. The normalized spacial score (nSPS) is 15.5. The Hall–Kier alpha value is -4.11. The van der Waals surface area contributed by atoms with Crippen LogP contribution in [0, 0.1) is 10.1 Å². The summed E-state index contributed by atoms with van der Waals surface area (Å²) in [5.41, 5.74) is 2.18. The van der Waals surface area contributed by atoms with Gasteiger partial charge in [-0.1, -0.05) is 30.3 Å². The van der Waals surface area contributed by atoms with Crippen molar-refractivity contribution in [3.05, 3.63) is 98.9 Å². The Labute approximate surface area is 194 Å². The number of non-ortho nitro benzene ring substituents is 1. The first-order valence-electron chi connectivity index (χ1n) is 9.91. The Kier molecular flexibility index (Phi) is 6.70. The van der Waals surface area contributed by atoms with Gasteiger partial charge < -0.3 is 14.8 Å². The van der Waals surface area contributed by atoms with Gasteiger partial charge in [-0.3, -0.25) is 14.9 Å². The molecule has 1 saturated heterocycles. The van der Waals surface area contributed by atoms with Gasteiger partial charge >= 0.3 is 0 Å². The molecule has 0 spiro atoms. The zero-order valence-corrected chi connectivity index (χ0v) is 18.4. The molecule has 4 rings (SSSR count). The van der Waals surface area contributed by atoms with Crippen molar-refractivity contribution in [2.24, 2.45) is 4.99 Å². The number of methoxy groups -OCH3 is 1. The number of rotatable bonds is 7. The average Bonchev–Trinajstić information content (AvgIpc) is 3.17. The van der Waals surface area contributed by atoms with Crippen LogP contribution in [-0.4, -0.2) is 23.1 Å². The molecule has 8 nitrogen and oxygen atoms in total. The summed E-state index contributed by atoms with van der Waals surface area (Å²) in [6, 6.07) is 20.9. The van der Waals surface area contributed by atoms with Crippen LogP contribution in [0.1, 0.15) is 11.1 Å². The molecule has 1 aliphatic heterocycles. The van der Waals surface area contributed by atoms with E-state index in [9.17, 15) is 14.9 Å². The van der Waals surface area contributed by atoms with Crippen molar-refractivity contribution in [1.82, 2.24) is 5.32 Å². The van der Waals surface area contributed by atoms with Gasteiger partial charge in [-0.05, 0) is 53.7 Å². The minimum atomic E-state index is -0.450. The van der Waals surface area contributed by atoms with Crippen LogP contribution in [-0.2, 0) is 11.4 Å². The van der Waals surface area contributed by atoms with E-state index < -0.39 is 4.92 Å². The van der Waals surface area contributed by atoms with E-state index >= 15 is 0 Å². The molecule has 3 aromatic carbocycles. The van der Waals surface area contributed by atoms with Crippen molar-refractivity contribution in [3.63, 3.8) is 0 Å². The number of hydrogen-bond donors (Lipinski definition) is 1. The van der Waals surface area contributed by atoms with E-state index in [2.05, 4.69) is 10.3 Å². The lowest BCUT2D eigenvalue weighted by Gasteiger charge is -2.13. The number of carbonyl (C=O) groups is 1. The monoisotopic (exact) mass is 461 g/mol. The van der Waals surface area contributed by atoms with Crippen LogP contribution in [0.5, 0.6) is 11.5 Å². The second-order valence-electron chi connectivity index (χ2n) is 6.91. The standard InChI is InChI=1S/C24H19N3O5S/c1-31-20-9-5-6-17(22(20)32-15-16-10-12-19(13-11-16)27(29)30)14-21-23(28)26-24(33-21)25-18-7-3-2-4-8-18/h2-14H,15H2,1H3,(H,25,26,28)/b21-14-. The lowest BCUT2D eigenvalue weighted by atomic mass is 10.1. The number of amides is 1. The van der Waals surface area contributed by atoms with Crippen LogP contribution in [0.3, 0.4) is 0 Å². The summed E-state index contributed by atoms with van der Waals surface area (Å²) in [6.07, 6.45) is 1.72. The minimum absolute atomic E-state index is 0.0127. The van der Waals surface area contributed by atoms with Gasteiger partial charge in [0, 0.05) is 17.7 Å². The number of nitrogens with one attached hydrogen (secondary N) is 1. The Morgan fingerprint density at radius 2 is 1.82 bits per heavy atom. The van der Waals surface area contributed by atoms with Gasteiger partial charge in [0.25, 0.3) is 11.6 Å². The van der Waals surface area contributed by atoms with E-state index in [0.717, 1.165) is 11.3 Å². The van der Waals surface area contributed by atoms with Crippen molar-refractivity contribution < 1.29 is 19.2 Å². The van der Waals surface area contributed by atoms with E-state index in [4.69, 9.17) is 9.47 Å². The van der Waals surface area contributed by atoms with Gasteiger partial charge in [-0.15, -0.1) is 0 Å². The molecule has 0 aliphatic carbocycles. The molecule has 0 radical (unpaired) electrons. The number of carbonyl (C=O) groups excluding carboxylic acids is 1. The number of nitro benzene ring substituents is 1. The summed E-state index contributed by atoms with van der Waals surface area (Å²) in [5.74, 6) is 0.722. The molecule has 1 N–H and O–H groups in total. The van der Waals surface area contributed by atoms with Gasteiger partial charge in [0.15, 0.2) is 16.7 Å². The highest BCUT2D eigenvalue weighted by Gasteiger charge is 2.24. The smallest absolute Gasteiger partial charge is 0.269 e. The summed E-state index contributed by atoms with van der Waals surface area (Å²) >= 11 is 1.24. The van der Waals surface area contributed by atoms with E-state index in [0.29, 0.717) is 27.1 Å². The third-order valence-electron chi connectivity index (χ3n) is 4.68. The molecule has 0 unspecified atom stereocenters. The summed E-state index contributed by atoms with van der Waals surface area (Å²) in [4.78, 5) is 27.8. The van der Waals surface area contributed by atoms with Crippen LogP contribution in [0.2, 0.25) is 0 Å². The number of benzene rings is 3. The second kappa shape index (κ2) is 10.0. The Morgan fingerprint density at radius 1 is 1.06 bits per heavy atom. The molecule has 0 bridgehead atoms. The summed E-state index contributed by atoms with van der Waals surface area (Å²) in [5, 5.41) is 14.1. The molecule has 1 aliphatic rings. The van der Waals surface area contributed by atoms with Gasteiger partial charge in [0.1, 0.15) is 6.61 Å². The molecule has 1 heterocycles. The van der Waals surface area contributed by atoms with Gasteiger partial charge in [0.05, 0.1) is 22.6 Å². The number of para-hydroxylation sites is 2. The Bertz CT molecular complexity index is 1240. The third-order valence-corrected chi connectivity index (χ3v) is 5.59. The molecule has 33 heavy (non-hydrogen) atoms. The maximum absolute atomic E-state index is 12.5. The average molecular weight is 461 g/mol. The predicted molar refractivity (Wildman–Crippen MR) is 128 cm³/mol. The number of nitro groups is 1. The van der Waals surface area contributed by atoms with E-state index in [1.165, 1.54) is 31.0 Å². The van der Waals surface area contributed by atoms with Crippen LogP contribution in [0.25, 0.3) is 6.08 Å². The predicted octanol–water partition coefficient (Wildman–Crippen LogP) is 5.07. The molecule has 1 amide bonds. The summed E-state index contributed by atoms with van der Waals surface area (Å²) in [7, 11) is 1.53. The van der Waals surface area contributed by atoms with Crippen LogP contribution in [0.15, 0.2) is 82.7 Å². The van der Waals surface area contributed by atoms with Gasteiger partial charge in [-0.25, -0.2) is 4.99 Å². The highest BCUT2D eigenvalue weighted by molar-refractivity contribution is 8.18. The number of thioether (sulfide) groups is 1. The zero-order chi connectivity index (χ0) is 23.2. The molecule has 0 aromatic heterocycles. The quantitative estimate of drug-likeness (QED) is 0.299. The van der Waals surface area contributed by atoms with E-state index in [1.807, 2.05) is 36.4 Å². The number of ether oxygens (including phenoxy) is 2. The van der Waals surface area contributed by atoms with Crippen molar-refractivity contribution in [1.29, 1.82) is 0 Å². The maximum Gasteiger partial charge on any atom is 0.269 e. The van der Waals surface area contributed by atoms with Gasteiger partial charge in [-0.2, -0.15) is 0 Å². The van der Waals surface area contributed by atoms with E-state index in [1.54, 1.807) is 30.3 Å². The first-order chi connectivity index (χ1) is 16.0. The first kappa shape index (κ1) is 22.1. The van der Waals surface area contributed by atoms with Gasteiger partial charge in [0.2, 0.25) is 0 Å². The van der Waals surface area contributed by atoms with Crippen LogP contribution in [0.4, 0.5) is 11.4 Å². The van der Waals surface area contributed by atoms with Crippen molar-refractivity contribution in [2.75, 3.05) is 7.11 Å². The SMILES string of the molecule is COc1cccc(/C=C2\SC(=Nc3ccccc3)NC2=O)c1OCc1ccc([N+](=O)[O-])cc1. The molecule has 9 heteroatoms. The topological polar surface area (TPSA) is 103 Å². The largest absolute Gasteiger partial charge is 0.493 e. The van der Waals surface area contributed by atoms with Crippen LogP contribution >= 0.6 is 11.8 Å². The minimum Gasteiger partial charge on any atom is -0.493 e. The third kappa shape index (κ3) is 5.39. The fourth-order valence-electron chi connectivity index (χ4n) is 3.07. The molecule has 3 aromatic rings. The molecule has 166 valence electrons. The molecule has 1 fully saturated rings. The lowest BCUT2D eigenvalue weighted by molar-refractivity contribution is -0.384. The number of aliphatic imine (C=N–C) groups is 1. The lowest BCUT2D eigenvalue weighted by Crippen LogP contribution is -2.19. The maximum atomic E-state index is 12.5. The number of amidine groups is 1. The first-order valence-corrected chi connectivity index (χ1v) is 10.7. The van der Waals surface area contributed by atoms with Crippen molar-refractivity contribution >= 4 is 40.3 Å². The fraction of sp³-hybridized carbons (Fsp3) is 0.0833.